The van der Waals surface area contributed by atoms with Crippen LogP contribution < -0.4 is 10.9 Å². The summed E-state index contributed by atoms with van der Waals surface area (Å²) in [5, 5.41) is 13.1. The van der Waals surface area contributed by atoms with E-state index in [1.54, 1.807) is 24.5 Å². The van der Waals surface area contributed by atoms with E-state index < -0.39 is 0 Å². The van der Waals surface area contributed by atoms with Crippen molar-refractivity contribution in [2.45, 2.75) is 45.6 Å². The van der Waals surface area contributed by atoms with Gasteiger partial charge in [-0.3, -0.25) is 14.6 Å². The Bertz CT molecular complexity index is 1510. The van der Waals surface area contributed by atoms with Crippen molar-refractivity contribution in [2.24, 2.45) is 13.0 Å². The predicted octanol–water partition coefficient (Wildman–Crippen LogP) is 4.13. The number of amides is 1. The normalized spacial score (nSPS) is 13.9. The molecule has 1 aromatic carbocycles. The standard InChI is InChI=1S/C27H29N5O3/c1-27(2,3)17-7-8-22-20(12-17)30-24(32(22)4)23-19(14-33)18(9-10-28-23)16-11-21(26(35)29-13-16)31-25(34)15-5-6-15/h7-13,15,33H,5-6,14H2,1-4H3,(H,29,35)(H,31,34). The van der Waals surface area contributed by atoms with Crippen molar-refractivity contribution < 1.29 is 9.90 Å². The van der Waals surface area contributed by atoms with E-state index in [1.807, 2.05) is 11.6 Å². The topological polar surface area (TPSA) is 113 Å². The van der Waals surface area contributed by atoms with Crippen LogP contribution >= 0.6 is 0 Å². The number of aliphatic hydroxyl groups excluding tert-OH is 1. The molecule has 3 aromatic heterocycles. The fraction of sp³-hybridized carbons (Fsp3) is 0.333. The number of nitrogens with one attached hydrogen (secondary N) is 2. The first-order chi connectivity index (χ1) is 16.7. The van der Waals surface area contributed by atoms with Crippen molar-refractivity contribution in [2.75, 3.05) is 5.32 Å². The monoisotopic (exact) mass is 471 g/mol. The first-order valence-electron chi connectivity index (χ1n) is 11.8. The summed E-state index contributed by atoms with van der Waals surface area (Å²) in [7, 11) is 1.93. The second kappa shape index (κ2) is 8.46. The van der Waals surface area contributed by atoms with Gasteiger partial charge in [0.25, 0.3) is 5.56 Å². The van der Waals surface area contributed by atoms with Gasteiger partial charge in [-0.1, -0.05) is 26.8 Å². The van der Waals surface area contributed by atoms with E-state index in [1.165, 1.54) is 5.56 Å². The molecule has 1 amide bonds. The molecule has 1 saturated carbocycles. The highest BCUT2D eigenvalue weighted by Gasteiger charge is 2.30. The maximum atomic E-state index is 12.3. The van der Waals surface area contributed by atoms with Gasteiger partial charge in [0.2, 0.25) is 5.91 Å². The van der Waals surface area contributed by atoms with Crippen molar-refractivity contribution in [3.05, 3.63) is 64.2 Å². The second-order valence-corrected chi connectivity index (χ2v) is 10.2. The Hall–Kier alpha value is -3.78. The lowest BCUT2D eigenvalue weighted by atomic mass is 9.87. The van der Waals surface area contributed by atoms with Crippen LogP contribution in [0, 0.1) is 5.92 Å². The molecule has 0 atom stereocenters. The van der Waals surface area contributed by atoms with Crippen LogP contribution in [0.25, 0.3) is 33.7 Å². The van der Waals surface area contributed by atoms with E-state index in [0.29, 0.717) is 28.2 Å². The summed E-state index contributed by atoms with van der Waals surface area (Å²) in [5.41, 5.74) is 5.37. The molecule has 1 aliphatic carbocycles. The average molecular weight is 472 g/mol. The fourth-order valence-electron chi connectivity index (χ4n) is 4.31. The molecule has 0 unspecified atom stereocenters. The molecule has 0 radical (unpaired) electrons. The van der Waals surface area contributed by atoms with Gasteiger partial charge >= 0.3 is 0 Å². The van der Waals surface area contributed by atoms with Crippen LogP contribution in [0.3, 0.4) is 0 Å². The van der Waals surface area contributed by atoms with Crippen LogP contribution in [0.5, 0.6) is 0 Å². The minimum atomic E-state index is -0.368. The Morgan fingerprint density at radius 3 is 2.69 bits per heavy atom. The third kappa shape index (κ3) is 4.25. The largest absolute Gasteiger partial charge is 0.392 e. The Morgan fingerprint density at radius 2 is 2.00 bits per heavy atom. The molecule has 1 aliphatic rings. The quantitative estimate of drug-likeness (QED) is 0.405. The SMILES string of the molecule is Cn1c(-c2nccc(-c3c[nH]c(=O)c(NC(=O)C4CC4)c3)c2CO)nc2cc(C(C)(C)C)ccc21. The van der Waals surface area contributed by atoms with E-state index in [4.69, 9.17) is 4.98 Å². The Balaban J connectivity index is 1.60. The highest BCUT2D eigenvalue weighted by atomic mass is 16.3. The Morgan fingerprint density at radius 1 is 1.23 bits per heavy atom. The number of aliphatic hydroxyl groups is 1. The van der Waals surface area contributed by atoms with Crippen LogP contribution in [0.2, 0.25) is 0 Å². The lowest BCUT2D eigenvalue weighted by molar-refractivity contribution is -0.117. The third-order valence-electron chi connectivity index (χ3n) is 6.59. The minimum Gasteiger partial charge on any atom is -0.392 e. The number of aryl methyl sites for hydroxylation is 1. The molecule has 180 valence electrons. The highest BCUT2D eigenvalue weighted by molar-refractivity contribution is 5.94. The number of carbonyl (C=O) groups excluding carboxylic acids is 1. The van der Waals surface area contributed by atoms with Crippen LogP contribution in [0.15, 0.2) is 47.5 Å². The number of aromatic nitrogens is 4. The van der Waals surface area contributed by atoms with Crippen LogP contribution in [-0.4, -0.2) is 30.5 Å². The minimum absolute atomic E-state index is 0.00282. The first kappa shape index (κ1) is 23.0. The van der Waals surface area contributed by atoms with E-state index in [2.05, 4.69) is 54.3 Å². The molecule has 3 N–H and O–H groups in total. The predicted molar refractivity (Wildman–Crippen MR) is 136 cm³/mol. The van der Waals surface area contributed by atoms with Crippen molar-refractivity contribution in [3.8, 4) is 22.6 Å². The molecule has 8 heteroatoms. The van der Waals surface area contributed by atoms with Gasteiger partial charge < -0.3 is 20.0 Å². The zero-order chi connectivity index (χ0) is 24.9. The van der Waals surface area contributed by atoms with E-state index in [0.717, 1.165) is 23.9 Å². The van der Waals surface area contributed by atoms with Gasteiger partial charge in [-0.2, -0.15) is 0 Å². The van der Waals surface area contributed by atoms with E-state index in [-0.39, 0.29) is 35.1 Å². The number of hydrogen-bond acceptors (Lipinski definition) is 5. The number of pyridine rings is 2. The van der Waals surface area contributed by atoms with Gasteiger partial charge in [0.05, 0.1) is 17.6 Å². The summed E-state index contributed by atoms with van der Waals surface area (Å²) in [5.74, 6) is 0.485. The number of anilines is 1. The molecular formula is C27H29N5O3. The van der Waals surface area contributed by atoms with Crippen molar-refractivity contribution >= 4 is 22.6 Å². The lowest BCUT2D eigenvalue weighted by Gasteiger charge is -2.18. The average Bonchev–Trinajstić information content (AvgIpc) is 3.63. The number of imidazole rings is 1. The lowest BCUT2D eigenvalue weighted by Crippen LogP contribution is -2.20. The zero-order valence-electron chi connectivity index (χ0n) is 20.3. The van der Waals surface area contributed by atoms with E-state index >= 15 is 0 Å². The number of H-pyrrole nitrogens is 1. The molecule has 0 saturated heterocycles. The van der Waals surface area contributed by atoms with Crippen LogP contribution in [-0.2, 0) is 23.9 Å². The van der Waals surface area contributed by atoms with Gasteiger partial charge in [-0.15, -0.1) is 0 Å². The van der Waals surface area contributed by atoms with Crippen molar-refractivity contribution in [1.29, 1.82) is 0 Å². The number of nitrogens with zero attached hydrogens (tertiary/aromatic N) is 3. The summed E-state index contributed by atoms with van der Waals surface area (Å²) in [4.78, 5) is 36.7. The van der Waals surface area contributed by atoms with E-state index in [9.17, 15) is 14.7 Å². The van der Waals surface area contributed by atoms with Gasteiger partial charge in [0.15, 0.2) is 5.82 Å². The molecule has 4 aromatic rings. The number of carbonyl (C=O) groups is 1. The van der Waals surface area contributed by atoms with Crippen molar-refractivity contribution in [1.82, 2.24) is 19.5 Å². The summed E-state index contributed by atoms with van der Waals surface area (Å²) in [6, 6.07) is 9.70. The molecule has 0 spiro atoms. The number of rotatable bonds is 5. The van der Waals surface area contributed by atoms with Gasteiger partial charge in [0.1, 0.15) is 11.4 Å². The molecule has 3 heterocycles. The smallest absolute Gasteiger partial charge is 0.271 e. The molecule has 0 bridgehead atoms. The molecule has 5 rings (SSSR count). The first-order valence-corrected chi connectivity index (χ1v) is 11.8. The fourth-order valence-corrected chi connectivity index (χ4v) is 4.31. The Kier molecular flexibility index (Phi) is 5.56. The number of hydrogen-bond donors (Lipinski definition) is 3. The molecule has 0 aliphatic heterocycles. The van der Waals surface area contributed by atoms with Crippen molar-refractivity contribution in [3.63, 3.8) is 0 Å². The maximum absolute atomic E-state index is 12.3. The molecular weight excluding hydrogens is 442 g/mol. The van der Waals surface area contributed by atoms with Gasteiger partial charge in [0, 0.05) is 36.5 Å². The Labute approximate surface area is 203 Å². The van der Waals surface area contributed by atoms with Crippen LogP contribution in [0.1, 0.15) is 44.7 Å². The zero-order valence-corrected chi connectivity index (χ0v) is 20.3. The molecule has 1 fully saturated rings. The number of aromatic amines is 1. The number of fused-ring (bicyclic) bond motifs is 1. The van der Waals surface area contributed by atoms with Crippen LogP contribution in [0.4, 0.5) is 5.69 Å². The third-order valence-corrected chi connectivity index (χ3v) is 6.59. The molecule has 35 heavy (non-hydrogen) atoms. The summed E-state index contributed by atoms with van der Waals surface area (Å²) in [6.07, 6.45) is 4.94. The summed E-state index contributed by atoms with van der Waals surface area (Å²) >= 11 is 0. The highest BCUT2D eigenvalue weighted by Crippen LogP contribution is 2.34. The number of benzene rings is 1. The molecule has 8 nitrogen and oxygen atoms in total. The second-order valence-electron chi connectivity index (χ2n) is 10.2. The summed E-state index contributed by atoms with van der Waals surface area (Å²) < 4.78 is 1.97. The maximum Gasteiger partial charge on any atom is 0.271 e. The summed E-state index contributed by atoms with van der Waals surface area (Å²) in [6.45, 7) is 6.23. The van der Waals surface area contributed by atoms with Gasteiger partial charge in [-0.05, 0) is 53.6 Å². The van der Waals surface area contributed by atoms with Gasteiger partial charge in [-0.25, -0.2) is 4.98 Å².